The summed E-state index contributed by atoms with van der Waals surface area (Å²) in [5.74, 6) is 0.706. The largest absolute Gasteiger partial charge is 0.497 e. The quantitative estimate of drug-likeness (QED) is 0.640. The van der Waals surface area contributed by atoms with Gasteiger partial charge in [0.2, 0.25) is 6.19 Å². The summed E-state index contributed by atoms with van der Waals surface area (Å²) in [5.41, 5.74) is 1.34. The van der Waals surface area contributed by atoms with Crippen LogP contribution in [0.4, 0.5) is 0 Å². The van der Waals surface area contributed by atoms with Crippen molar-refractivity contribution in [1.82, 2.24) is 15.0 Å². The number of methoxy groups -OCH3 is 1. The van der Waals surface area contributed by atoms with Crippen molar-refractivity contribution >= 4 is 11.0 Å². The molecule has 2 aromatic rings. The number of hydrogen-bond donors (Lipinski definition) is 0. The second-order valence-electron chi connectivity index (χ2n) is 2.46. The first-order chi connectivity index (χ1) is 6.35. The second-order valence-corrected chi connectivity index (χ2v) is 2.46. The van der Waals surface area contributed by atoms with Gasteiger partial charge in [-0.1, -0.05) is 5.21 Å². The maximum absolute atomic E-state index is 8.63. The van der Waals surface area contributed by atoms with Gasteiger partial charge in [-0.2, -0.15) is 5.26 Å². The summed E-state index contributed by atoms with van der Waals surface area (Å²) in [6.07, 6.45) is 1.89. The van der Waals surface area contributed by atoms with E-state index in [4.69, 9.17) is 10.00 Å². The van der Waals surface area contributed by atoms with Crippen LogP contribution in [0.25, 0.3) is 11.0 Å². The van der Waals surface area contributed by atoms with E-state index in [1.165, 1.54) is 0 Å². The molecule has 1 heterocycles. The van der Waals surface area contributed by atoms with Gasteiger partial charge in [0.25, 0.3) is 0 Å². The number of nitriles is 1. The summed E-state index contributed by atoms with van der Waals surface area (Å²) in [6, 6.07) is 5.24. The van der Waals surface area contributed by atoms with Crippen LogP contribution in [-0.4, -0.2) is 22.1 Å². The van der Waals surface area contributed by atoms with Gasteiger partial charge in [0, 0.05) is 6.07 Å². The van der Waals surface area contributed by atoms with Gasteiger partial charge in [-0.15, -0.1) is 9.78 Å². The monoisotopic (exact) mass is 174 g/mol. The molecule has 0 aliphatic carbocycles. The molecule has 5 nitrogen and oxygen atoms in total. The van der Waals surface area contributed by atoms with Crippen LogP contribution in [0.2, 0.25) is 0 Å². The van der Waals surface area contributed by atoms with E-state index in [1.54, 1.807) is 25.3 Å². The fourth-order valence-electron chi connectivity index (χ4n) is 1.10. The van der Waals surface area contributed by atoms with Gasteiger partial charge in [-0.3, -0.25) is 0 Å². The lowest BCUT2D eigenvalue weighted by Gasteiger charge is -1.96. The minimum atomic E-state index is 0.654. The molecule has 1 aromatic heterocycles. The number of aromatic nitrogens is 3. The average molecular weight is 174 g/mol. The second kappa shape index (κ2) is 2.75. The molecule has 0 saturated heterocycles. The first-order valence-corrected chi connectivity index (χ1v) is 3.64. The Morgan fingerprint density at radius 1 is 1.54 bits per heavy atom. The molecule has 0 unspecified atom stereocenters. The molecular formula is C8H6N4O. The Morgan fingerprint density at radius 2 is 2.38 bits per heavy atom. The highest BCUT2D eigenvalue weighted by Gasteiger charge is 2.03. The zero-order valence-electron chi connectivity index (χ0n) is 6.93. The third-order valence-corrected chi connectivity index (χ3v) is 1.75. The molecule has 64 valence electrons. The Hall–Kier alpha value is -2.09. The lowest BCUT2D eigenvalue weighted by atomic mass is 10.3. The first-order valence-electron chi connectivity index (χ1n) is 3.64. The third kappa shape index (κ3) is 1.08. The van der Waals surface area contributed by atoms with E-state index < -0.39 is 0 Å². The topological polar surface area (TPSA) is 63.7 Å². The Kier molecular flexibility index (Phi) is 1.60. The van der Waals surface area contributed by atoms with Crippen molar-refractivity contribution < 1.29 is 4.74 Å². The molecule has 1 aromatic carbocycles. The highest BCUT2D eigenvalue weighted by Crippen LogP contribution is 2.17. The van der Waals surface area contributed by atoms with Crippen molar-refractivity contribution in [2.24, 2.45) is 0 Å². The van der Waals surface area contributed by atoms with E-state index >= 15 is 0 Å². The van der Waals surface area contributed by atoms with E-state index in [9.17, 15) is 0 Å². The van der Waals surface area contributed by atoms with Crippen molar-refractivity contribution in [2.45, 2.75) is 0 Å². The molecule has 0 bridgehead atoms. The number of ether oxygens (including phenoxy) is 1. The fraction of sp³-hybridized carbons (Fsp3) is 0.125. The number of rotatable bonds is 1. The van der Waals surface area contributed by atoms with Crippen LogP contribution in [0, 0.1) is 11.5 Å². The molecule has 0 radical (unpaired) electrons. The van der Waals surface area contributed by atoms with Gasteiger partial charge in [0.1, 0.15) is 16.8 Å². The summed E-state index contributed by atoms with van der Waals surface area (Å²) in [5, 5.41) is 16.1. The number of hydrogen-bond acceptors (Lipinski definition) is 4. The summed E-state index contributed by atoms with van der Waals surface area (Å²) in [4.78, 5) is 0. The van der Waals surface area contributed by atoms with Gasteiger partial charge >= 0.3 is 0 Å². The number of benzene rings is 1. The summed E-state index contributed by atoms with van der Waals surface area (Å²) in [6.45, 7) is 0. The van der Waals surface area contributed by atoms with E-state index in [0.29, 0.717) is 16.8 Å². The van der Waals surface area contributed by atoms with Crippen LogP contribution in [0.3, 0.4) is 0 Å². The van der Waals surface area contributed by atoms with Crippen LogP contribution in [0.1, 0.15) is 0 Å². The zero-order chi connectivity index (χ0) is 9.26. The van der Waals surface area contributed by atoms with E-state index in [1.807, 2.05) is 6.19 Å². The molecule has 0 fully saturated rings. The first kappa shape index (κ1) is 7.55. The smallest absolute Gasteiger partial charge is 0.208 e. The van der Waals surface area contributed by atoms with E-state index in [0.717, 1.165) is 4.68 Å². The number of fused-ring (bicyclic) bond motifs is 1. The number of nitrogens with zero attached hydrogens (tertiary/aromatic N) is 4. The lowest BCUT2D eigenvalue weighted by molar-refractivity contribution is 0.415. The molecule has 0 N–H and O–H groups in total. The van der Waals surface area contributed by atoms with Crippen molar-refractivity contribution in [3.8, 4) is 11.9 Å². The lowest BCUT2D eigenvalue weighted by Crippen LogP contribution is -1.89. The maximum Gasteiger partial charge on any atom is 0.208 e. The van der Waals surface area contributed by atoms with E-state index in [2.05, 4.69) is 10.3 Å². The molecule has 0 saturated carbocycles. The van der Waals surface area contributed by atoms with Gasteiger partial charge in [0.05, 0.1) is 7.11 Å². The third-order valence-electron chi connectivity index (χ3n) is 1.75. The van der Waals surface area contributed by atoms with Gasteiger partial charge in [-0.25, -0.2) is 0 Å². The standard InChI is InChI=1S/C8H6N4O/c1-13-6-2-3-8-7(4-6)10-11-12(8)5-9/h2-4H,1H3. The molecular weight excluding hydrogens is 168 g/mol. The van der Waals surface area contributed by atoms with Crippen molar-refractivity contribution in [3.63, 3.8) is 0 Å². The van der Waals surface area contributed by atoms with Crippen LogP contribution in [-0.2, 0) is 0 Å². The minimum Gasteiger partial charge on any atom is -0.497 e. The van der Waals surface area contributed by atoms with Crippen molar-refractivity contribution in [3.05, 3.63) is 18.2 Å². The predicted molar refractivity (Wildman–Crippen MR) is 45.1 cm³/mol. The highest BCUT2D eigenvalue weighted by molar-refractivity contribution is 5.76. The molecule has 5 heteroatoms. The van der Waals surface area contributed by atoms with Gasteiger partial charge < -0.3 is 4.74 Å². The van der Waals surface area contributed by atoms with Gasteiger partial charge in [0.15, 0.2) is 0 Å². The molecule has 0 atom stereocenters. The summed E-state index contributed by atoms with van der Waals surface area (Å²) < 4.78 is 6.17. The molecule has 0 spiro atoms. The van der Waals surface area contributed by atoms with Crippen molar-refractivity contribution in [1.29, 1.82) is 5.26 Å². The molecule has 13 heavy (non-hydrogen) atoms. The Labute approximate surface area is 74.1 Å². The Bertz CT molecular complexity index is 482. The summed E-state index contributed by atoms with van der Waals surface area (Å²) in [7, 11) is 1.58. The summed E-state index contributed by atoms with van der Waals surface area (Å²) >= 11 is 0. The fourth-order valence-corrected chi connectivity index (χ4v) is 1.10. The van der Waals surface area contributed by atoms with Gasteiger partial charge in [-0.05, 0) is 12.1 Å². The average Bonchev–Trinajstić information content (AvgIpc) is 2.59. The SMILES string of the molecule is COc1ccc2c(c1)nnn2C#N. The predicted octanol–water partition coefficient (Wildman–Crippen LogP) is 0.769. The van der Waals surface area contributed by atoms with Crippen LogP contribution in [0.15, 0.2) is 18.2 Å². The Morgan fingerprint density at radius 3 is 3.08 bits per heavy atom. The van der Waals surface area contributed by atoms with Crippen LogP contribution < -0.4 is 4.74 Å². The molecule has 0 aliphatic heterocycles. The van der Waals surface area contributed by atoms with Crippen molar-refractivity contribution in [2.75, 3.05) is 7.11 Å². The highest BCUT2D eigenvalue weighted by atomic mass is 16.5. The molecule has 0 amide bonds. The van der Waals surface area contributed by atoms with Crippen LogP contribution in [0.5, 0.6) is 5.75 Å². The Balaban J connectivity index is 2.70. The van der Waals surface area contributed by atoms with E-state index in [-0.39, 0.29) is 0 Å². The normalized spacial score (nSPS) is 9.85. The zero-order valence-corrected chi connectivity index (χ0v) is 6.93. The molecule has 2 rings (SSSR count). The maximum atomic E-state index is 8.63. The van der Waals surface area contributed by atoms with Crippen LogP contribution >= 0.6 is 0 Å². The minimum absolute atomic E-state index is 0.654. The molecule has 0 aliphatic rings.